The smallest absolute Gasteiger partial charge is 0.320 e. The third-order valence-electron chi connectivity index (χ3n) is 2.80. The zero-order valence-electron chi connectivity index (χ0n) is 9.83. The molecule has 88 valence electrons. The molecule has 0 heterocycles. The molecule has 0 amide bonds. The van der Waals surface area contributed by atoms with Crippen LogP contribution in [0.15, 0.2) is 11.6 Å². The number of hydrogen-bond donors (Lipinski definition) is 0. The van der Waals surface area contributed by atoms with E-state index in [1.807, 2.05) is 0 Å². The highest BCUT2D eigenvalue weighted by Gasteiger charge is 2.46. The van der Waals surface area contributed by atoms with Gasteiger partial charge in [0.05, 0.1) is 6.61 Å². The van der Waals surface area contributed by atoms with Gasteiger partial charge in [0, 0.05) is 12.0 Å². The van der Waals surface area contributed by atoms with Gasteiger partial charge in [0.25, 0.3) is 0 Å². The minimum atomic E-state index is -1.20. The first-order valence-electron chi connectivity index (χ1n) is 5.41. The van der Waals surface area contributed by atoms with Crippen LogP contribution in [0.5, 0.6) is 0 Å². The maximum atomic E-state index is 11.7. The van der Waals surface area contributed by atoms with Crippen LogP contribution in [0.4, 0.5) is 0 Å². The lowest BCUT2D eigenvalue weighted by Gasteiger charge is -2.19. The molecule has 0 radical (unpaired) electrons. The Kier molecular flexibility index (Phi) is 3.62. The molecule has 0 aromatic rings. The highest BCUT2D eigenvalue weighted by molar-refractivity contribution is 6.16. The molecule has 0 bridgehead atoms. The minimum absolute atomic E-state index is 0.0821. The fraction of sp³-hybridized carbons (Fsp3) is 0.583. The lowest BCUT2D eigenvalue weighted by Crippen LogP contribution is -2.34. The number of ether oxygens (including phenoxy) is 1. The zero-order chi connectivity index (χ0) is 12.3. The van der Waals surface area contributed by atoms with Gasteiger partial charge in [-0.15, -0.1) is 0 Å². The summed E-state index contributed by atoms with van der Waals surface area (Å²) in [6.07, 6.45) is 1.79. The second-order valence-corrected chi connectivity index (χ2v) is 4.04. The number of carbonyl (C=O) groups is 3. The van der Waals surface area contributed by atoms with Crippen LogP contribution in [0, 0.1) is 5.41 Å². The number of Topliss-reactive ketones (excluding diaryl/α,β-unsaturated/α-hetero) is 1. The van der Waals surface area contributed by atoms with Crippen molar-refractivity contribution in [3.8, 4) is 0 Å². The zero-order valence-corrected chi connectivity index (χ0v) is 9.83. The quantitative estimate of drug-likeness (QED) is 0.535. The van der Waals surface area contributed by atoms with Crippen LogP contribution >= 0.6 is 0 Å². The molecule has 1 aliphatic rings. The van der Waals surface area contributed by atoms with Crippen LogP contribution in [-0.2, 0) is 19.1 Å². The van der Waals surface area contributed by atoms with Crippen LogP contribution in [0.3, 0.4) is 0 Å². The van der Waals surface area contributed by atoms with Crippen molar-refractivity contribution in [2.45, 2.75) is 33.6 Å². The van der Waals surface area contributed by atoms with Gasteiger partial charge in [-0.1, -0.05) is 6.92 Å². The molecule has 0 fully saturated rings. The topological polar surface area (TPSA) is 60.4 Å². The number of ketones is 2. The highest BCUT2D eigenvalue weighted by Crippen LogP contribution is 2.36. The molecule has 0 aromatic heterocycles. The van der Waals surface area contributed by atoms with Gasteiger partial charge in [0.15, 0.2) is 11.6 Å². The van der Waals surface area contributed by atoms with E-state index in [9.17, 15) is 14.4 Å². The van der Waals surface area contributed by atoms with Gasteiger partial charge >= 0.3 is 5.97 Å². The largest absolute Gasteiger partial charge is 0.465 e. The van der Waals surface area contributed by atoms with Gasteiger partial charge in [-0.2, -0.15) is 0 Å². The van der Waals surface area contributed by atoms with Crippen molar-refractivity contribution in [3.05, 3.63) is 11.6 Å². The molecule has 0 saturated heterocycles. The Bertz CT molecular complexity index is 367. The van der Waals surface area contributed by atoms with Gasteiger partial charge < -0.3 is 4.74 Å². The van der Waals surface area contributed by atoms with E-state index in [0.29, 0.717) is 12.0 Å². The number of carbonyl (C=O) groups excluding carboxylic acids is 3. The van der Waals surface area contributed by atoms with Crippen molar-refractivity contribution in [3.63, 3.8) is 0 Å². The van der Waals surface area contributed by atoms with E-state index in [1.54, 1.807) is 13.8 Å². The summed E-state index contributed by atoms with van der Waals surface area (Å²) in [5, 5.41) is 0. The van der Waals surface area contributed by atoms with Crippen molar-refractivity contribution >= 4 is 17.5 Å². The molecule has 0 saturated carbocycles. The number of rotatable bonds is 4. The van der Waals surface area contributed by atoms with Crippen molar-refractivity contribution < 1.29 is 19.1 Å². The van der Waals surface area contributed by atoms with Gasteiger partial charge in [-0.25, -0.2) is 0 Å². The van der Waals surface area contributed by atoms with E-state index in [-0.39, 0.29) is 24.6 Å². The van der Waals surface area contributed by atoms with E-state index in [0.717, 1.165) is 0 Å². The number of hydrogen-bond acceptors (Lipinski definition) is 4. The average molecular weight is 224 g/mol. The first kappa shape index (κ1) is 12.6. The maximum Gasteiger partial charge on any atom is 0.320 e. The lowest BCUT2D eigenvalue weighted by molar-refractivity contribution is -0.156. The molecule has 4 heteroatoms. The predicted octanol–water partition coefficient (Wildman–Crippen LogP) is 1.43. The Labute approximate surface area is 94.7 Å². The molecule has 16 heavy (non-hydrogen) atoms. The van der Waals surface area contributed by atoms with E-state index in [2.05, 4.69) is 0 Å². The normalized spacial score (nSPS) is 24.2. The fourth-order valence-corrected chi connectivity index (χ4v) is 1.71. The van der Waals surface area contributed by atoms with E-state index >= 15 is 0 Å². The lowest BCUT2D eigenvalue weighted by atomic mass is 9.85. The third-order valence-corrected chi connectivity index (χ3v) is 2.80. The summed E-state index contributed by atoms with van der Waals surface area (Å²) in [4.78, 5) is 34.8. The molecule has 1 unspecified atom stereocenters. The molecule has 0 aliphatic heterocycles. The van der Waals surface area contributed by atoms with Crippen molar-refractivity contribution in [2.24, 2.45) is 5.41 Å². The summed E-state index contributed by atoms with van der Waals surface area (Å²) < 4.78 is 4.86. The second-order valence-electron chi connectivity index (χ2n) is 4.04. The molecule has 1 rings (SSSR count). The van der Waals surface area contributed by atoms with E-state index in [4.69, 9.17) is 4.74 Å². The Morgan fingerprint density at radius 3 is 2.56 bits per heavy atom. The molecule has 0 spiro atoms. The van der Waals surface area contributed by atoms with Gasteiger partial charge in [-0.3, -0.25) is 14.4 Å². The van der Waals surface area contributed by atoms with Crippen LogP contribution in [0.25, 0.3) is 0 Å². The molecule has 0 aromatic carbocycles. The van der Waals surface area contributed by atoms with E-state index in [1.165, 1.54) is 13.0 Å². The SMILES string of the molecule is CCOC(=O)C1(C)CC(C(=O)CC)=CC1=O. The Hall–Kier alpha value is -1.45. The summed E-state index contributed by atoms with van der Waals surface area (Å²) in [6, 6.07) is 0. The Morgan fingerprint density at radius 2 is 2.06 bits per heavy atom. The minimum Gasteiger partial charge on any atom is -0.465 e. The monoisotopic (exact) mass is 224 g/mol. The van der Waals surface area contributed by atoms with Crippen LogP contribution in [0.1, 0.15) is 33.6 Å². The van der Waals surface area contributed by atoms with Crippen LogP contribution in [0.2, 0.25) is 0 Å². The second kappa shape index (κ2) is 4.60. The average Bonchev–Trinajstić information content (AvgIpc) is 2.56. The van der Waals surface area contributed by atoms with Crippen molar-refractivity contribution in [1.29, 1.82) is 0 Å². The van der Waals surface area contributed by atoms with E-state index < -0.39 is 11.4 Å². The first-order valence-corrected chi connectivity index (χ1v) is 5.41. The maximum absolute atomic E-state index is 11.7. The standard InChI is InChI=1S/C12H16O4/c1-4-9(13)8-6-10(14)12(3,7-8)11(15)16-5-2/h6H,4-5,7H2,1-3H3. The summed E-state index contributed by atoms with van der Waals surface area (Å²) in [5.74, 6) is -0.959. The molecular formula is C12H16O4. The summed E-state index contributed by atoms with van der Waals surface area (Å²) >= 11 is 0. The number of esters is 1. The predicted molar refractivity (Wildman–Crippen MR) is 57.7 cm³/mol. The first-order chi connectivity index (χ1) is 7.45. The number of allylic oxidation sites excluding steroid dienone is 2. The van der Waals surface area contributed by atoms with Crippen LogP contribution < -0.4 is 0 Å². The summed E-state index contributed by atoms with van der Waals surface area (Å²) in [5.41, 5.74) is -0.765. The molecular weight excluding hydrogens is 208 g/mol. The molecule has 1 atom stereocenters. The van der Waals surface area contributed by atoms with Crippen molar-refractivity contribution in [2.75, 3.05) is 6.61 Å². The van der Waals surface area contributed by atoms with Crippen molar-refractivity contribution in [1.82, 2.24) is 0 Å². The Morgan fingerprint density at radius 1 is 1.44 bits per heavy atom. The van der Waals surface area contributed by atoms with Gasteiger partial charge in [0.1, 0.15) is 5.41 Å². The molecule has 1 aliphatic carbocycles. The molecule has 4 nitrogen and oxygen atoms in total. The third kappa shape index (κ3) is 2.05. The van der Waals surface area contributed by atoms with Gasteiger partial charge in [0.2, 0.25) is 0 Å². The van der Waals surface area contributed by atoms with Crippen LogP contribution in [-0.4, -0.2) is 24.1 Å². The molecule has 0 N–H and O–H groups in total. The van der Waals surface area contributed by atoms with Gasteiger partial charge in [-0.05, 0) is 26.3 Å². The fourth-order valence-electron chi connectivity index (χ4n) is 1.71. The summed E-state index contributed by atoms with van der Waals surface area (Å²) in [7, 11) is 0. The highest BCUT2D eigenvalue weighted by atomic mass is 16.5. The Balaban J connectivity index is 2.87. The summed E-state index contributed by atoms with van der Waals surface area (Å²) in [6.45, 7) is 5.18.